The highest BCUT2D eigenvalue weighted by atomic mass is 16.5. The lowest BCUT2D eigenvalue weighted by Crippen LogP contribution is -2.09. The molecule has 0 fully saturated rings. The van der Waals surface area contributed by atoms with E-state index in [2.05, 4.69) is 4.57 Å². The molecule has 0 saturated heterocycles. The molecule has 4 nitrogen and oxygen atoms in total. The molecule has 0 atom stereocenters. The summed E-state index contributed by atoms with van der Waals surface area (Å²) in [5.41, 5.74) is 1.35. The molecule has 0 spiro atoms. The second kappa shape index (κ2) is 5.23. The number of ether oxygens (including phenoxy) is 1. The van der Waals surface area contributed by atoms with Gasteiger partial charge < -0.3 is 14.4 Å². The molecule has 96 valence electrons. The average Bonchev–Trinajstić information content (AvgIpc) is 2.71. The summed E-state index contributed by atoms with van der Waals surface area (Å²) in [6.45, 7) is 5.44. The predicted molar refractivity (Wildman–Crippen MR) is 70.0 cm³/mol. The van der Waals surface area contributed by atoms with Crippen molar-refractivity contribution in [2.45, 2.75) is 26.5 Å². The van der Waals surface area contributed by atoms with Gasteiger partial charge >= 0.3 is 5.97 Å². The third kappa shape index (κ3) is 2.71. The van der Waals surface area contributed by atoms with Crippen LogP contribution in [-0.2, 0) is 11.3 Å². The summed E-state index contributed by atoms with van der Waals surface area (Å²) in [4.78, 5) is 10.9. The summed E-state index contributed by atoms with van der Waals surface area (Å²) in [5.74, 6) is -0.896. The number of carboxylic acid groups (broad SMARTS) is 1. The van der Waals surface area contributed by atoms with Crippen molar-refractivity contribution < 1.29 is 14.6 Å². The molecule has 0 aliphatic heterocycles. The third-order valence-electron chi connectivity index (χ3n) is 2.80. The highest BCUT2D eigenvalue weighted by Crippen LogP contribution is 2.17. The fourth-order valence-electron chi connectivity index (χ4n) is 1.91. The molecule has 2 rings (SSSR count). The highest BCUT2D eigenvalue weighted by Gasteiger charge is 2.06. The number of rotatable bonds is 5. The maximum absolute atomic E-state index is 10.9. The van der Waals surface area contributed by atoms with Crippen LogP contribution in [0.4, 0.5) is 0 Å². The Morgan fingerprint density at radius 3 is 2.83 bits per heavy atom. The van der Waals surface area contributed by atoms with Gasteiger partial charge in [0.1, 0.15) is 0 Å². The van der Waals surface area contributed by atoms with E-state index in [9.17, 15) is 4.79 Å². The van der Waals surface area contributed by atoms with Crippen LogP contribution in [0.2, 0.25) is 0 Å². The fraction of sp³-hybridized carbons (Fsp3) is 0.357. The monoisotopic (exact) mass is 247 g/mol. The molecule has 0 radical (unpaired) electrons. The number of aromatic carboxylic acids is 1. The van der Waals surface area contributed by atoms with Crippen molar-refractivity contribution in [3.05, 3.63) is 36.0 Å². The Balaban J connectivity index is 2.18. The lowest BCUT2D eigenvalue weighted by Gasteiger charge is -2.09. The van der Waals surface area contributed by atoms with Crippen LogP contribution in [0.15, 0.2) is 30.5 Å². The smallest absolute Gasteiger partial charge is 0.335 e. The predicted octanol–water partition coefficient (Wildman–Crippen LogP) is 2.76. The van der Waals surface area contributed by atoms with Crippen LogP contribution in [0.25, 0.3) is 10.9 Å². The van der Waals surface area contributed by atoms with E-state index >= 15 is 0 Å². The number of benzene rings is 1. The van der Waals surface area contributed by atoms with Crippen molar-refractivity contribution in [2.24, 2.45) is 0 Å². The fourth-order valence-corrected chi connectivity index (χ4v) is 1.91. The highest BCUT2D eigenvalue weighted by molar-refractivity contribution is 5.93. The molecule has 18 heavy (non-hydrogen) atoms. The van der Waals surface area contributed by atoms with E-state index in [1.54, 1.807) is 12.1 Å². The van der Waals surface area contributed by atoms with Gasteiger partial charge in [-0.05, 0) is 38.1 Å². The molecular formula is C14H17NO3. The van der Waals surface area contributed by atoms with Gasteiger partial charge in [-0.2, -0.15) is 0 Å². The summed E-state index contributed by atoms with van der Waals surface area (Å²) in [5, 5.41) is 9.87. The summed E-state index contributed by atoms with van der Waals surface area (Å²) >= 11 is 0. The number of carbonyl (C=O) groups is 1. The Hall–Kier alpha value is -1.81. The molecule has 0 saturated carbocycles. The molecule has 0 bridgehead atoms. The van der Waals surface area contributed by atoms with E-state index in [1.807, 2.05) is 32.2 Å². The van der Waals surface area contributed by atoms with Crippen molar-refractivity contribution in [3.8, 4) is 0 Å². The quantitative estimate of drug-likeness (QED) is 0.883. The summed E-state index contributed by atoms with van der Waals surface area (Å²) in [6.07, 6.45) is 2.19. The van der Waals surface area contributed by atoms with Crippen LogP contribution in [0.5, 0.6) is 0 Å². The van der Waals surface area contributed by atoms with Crippen LogP contribution in [0.1, 0.15) is 24.2 Å². The minimum absolute atomic E-state index is 0.227. The van der Waals surface area contributed by atoms with Crippen molar-refractivity contribution in [1.82, 2.24) is 4.57 Å². The second-order valence-corrected chi connectivity index (χ2v) is 4.51. The minimum atomic E-state index is -0.896. The first-order valence-corrected chi connectivity index (χ1v) is 6.01. The molecule has 0 aliphatic carbocycles. The van der Waals surface area contributed by atoms with E-state index in [0.29, 0.717) is 12.2 Å². The zero-order valence-corrected chi connectivity index (χ0v) is 10.6. The maximum atomic E-state index is 10.9. The zero-order valence-electron chi connectivity index (χ0n) is 10.6. The number of carboxylic acids is 1. The molecule has 1 heterocycles. The van der Waals surface area contributed by atoms with Crippen molar-refractivity contribution >= 4 is 16.9 Å². The van der Waals surface area contributed by atoms with Gasteiger partial charge in [0.25, 0.3) is 0 Å². The van der Waals surface area contributed by atoms with Gasteiger partial charge in [0, 0.05) is 23.6 Å². The van der Waals surface area contributed by atoms with E-state index in [0.717, 1.165) is 17.4 Å². The molecule has 0 unspecified atom stereocenters. The van der Waals surface area contributed by atoms with Gasteiger partial charge in [-0.3, -0.25) is 0 Å². The Morgan fingerprint density at radius 1 is 1.39 bits per heavy atom. The first kappa shape index (κ1) is 12.6. The van der Waals surface area contributed by atoms with Crippen molar-refractivity contribution in [2.75, 3.05) is 6.61 Å². The largest absolute Gasteiger partial charge is 0.478 e. The van der Waals surface area contributed by atoms with Crippen molar-refractivity contribution in [1.29, 1.82) is 0 Å². The Labute approximate surface area is 106 Å². The molecule has 1 aromatic carbocycles. The SMILES string of the molecule is CC(C)OCCn1ccc2cc(C(=O)O)ccc21. The zero-order chi connectivity index (χ0) is 13.1. The number of nitrogens with zero attached hydrogens (tertiary/aromatic N) is 1. The number of fused-ring (bicyclic) bond motifs is 1. The molecule has 0 aliphatic rings. The van der Waals surface area contributed by atoms with Crippen LogP contribution in [0.3, 0.4) is 0 Å². The number of hydrogen-bond donors (Lipinski definition) is 1. The first-order chi connectivity index (χ1) is 8.58. The molecular weight excluding hydrogens is 230 g/mol. The minimum Gasteiger partial charge on any atom is -0.478 e. The maximum Gasteiger partial charge on any atom is 0.335 e. The normalized spacial score (nSPS) is 11.3. The molecule has 2 aromatic rings. The summed E-state index contributed by atoms with van der Waals surface area (Å²) in [7, 11) is 0. The second-order valence-electron chi connectivity index (χ2n) is 4.51. The van der Waals surface area contributed by atoms with Gasteiger partial charge in [-0.1, -0.05) is 0 Å². The van der Waals surface area contributed by atoms with E-state index in [4.69, 9.17) is 9.84 Å². The van der Waals surface area contributed by atoms with Gasteiger partial charge in [0.2, 0.25) is 0 Å². The molecule has 1 N–H and O–H groups in total. The van der Waals surface area contributed by atoms with E-state index < -0.39 is 5.97 Å². The number of hydrogen-bond acceptors (Lipinski definition) is 2. The number of aromatic nitrogens is 1. The average molecular weight is 247 g/mol. The molecule has 1 aromatic heterocycles. The van der Waals surface area contributed by atoms with Gasteiger partial charge in [0.15, 0.2) is 0 Å². The van der Waals surface area contributed by atoms with Crippen LogP contribution in [-0.4, -0.2) is 28.4 Å². The molecule has 0 amide bonds. The van der Waals surface area contributed by atoms with E-state index in [1.165, 1.54) is 0 Å². The van der Waals surface area contributed by atoms with Gasteiger partial charge in [-0.15, -0.1) is 0 Å². The standard InChI is InChI=1S/C14H17NO3/c1-10(2)18-8-7-15-6-5-11-9-12(14(16)17)3-4-13(11)15/h3-6,9-10H,7-8H2,1-2H3,(H,16,17). The molecule has 4 heteroatoms. The van der Waals surface area contributed by atoms with Crippen LogP contribution < -0.4 is 0 Å². The van der Waals surface area contributed by atoms with Crippen LogP contribution in [0, 0.1) is 0 Å². The van der Waals surface area contributed by atoms with E-state index in [-0.39, 0.29) is 6.10 Å². The first-order valence-electron chi connectivity index (χ1n) is 6.01. The van der Waals surface area contributed by atoms with Crippen molar-refractivity contribution in [3.63, 3.8) is 0 Å². The summed E-state index contributed by atoms with van der Waals surface area (Å²) in [6, 6.07) is 7.09. The van der Waals surface area contributed by atoms with Gasteiger partial charge in [-0.25, -0.2) is 4.79 Å². The Bertz CT molecular complexity index is 557. The van der Waals surface area contributed by atoms with Crippen LogP contribution >= 0.6 is 0 Å². The lowest BCUT2D eigenvalue weighted by molar-refractivity contribution is 0.0696. The lowest BCUT2D eigenvalue weighted by atomic mass is 10.1. The summed E-state index contributed by atoms with van der Waals surface area (Å²) < 4.78 is 7.58. The Morgan fingerprint density at radius 2 is 2.17 bits per heavy atom. The third-order valence-corrected chi connectivity index (χ3v) is 2.80. The topological polar surface area (TPSA) is 51.5 Å². The Kier molecular flexibility index (Phi) is 3.67. The van der Waals surface area contributed by atoms with Gasteiger partial charge in [0.05, 0.1) is 18.3 Å².